The number of guanidine groups is 2. The van der Waals surface area contributed by atoms with Crippen molar-refractivity contribution in [2.45, 2.75) is 48.8 Å². The number of para-hydroxylation sites is 1. The van der Waals surface area contributed by atoms with E-state index in [1.807, 2.05) is 0 Å². The molecule has 2 amide bonds. The smallest absolute Gasteiger partial charge is 0.280 e. The predicted octanol–water partition coefficient (Wildman–Crippen LogP) is -2.14. The third-order valence-electron chi connectivity index (χ3n) is 7.93. The van der Waals surface area contributed by atoms with Gasteiger partial charge in [0.05, 0.1) is 35.9 Å². The highest BCUT2D eigenvalue weighted by atomic mass is 19.3. The fourth-order valence-electron chi connectivity index (χ4n) is 5.87. The van der Waals surface area contributed by atoms with Gasteiger partial charge in [-0.2, -0.15) is 5.10 Å². The van der Waals surface area contributed by atoms with Crippen molar-refractivity contribution in [1.82, 2.24) is 31.0 Å². The van der Waals surface area contributed by atoms with E-state index in [1.54, 1.807) is 13.0 Å². The third kappa shape index (κ3) is 4.06. The molecule has 1 saturated heterocycles. The minimum Gasteiger partial charge on any atom is -0.492 e. The lowest BCUT2D eigenvalue weighted by Crippen LogP contribution is -2.78. The van der Waals surface area contributed by atoms with Crippen molar-refractivity contribution in [2.75, 3.05) is 19.7 Å². The SMILES string of the molecule is Cc1ccc(C(=O)NC[C@@H]2N=C(N)N3CC(NC(=O)c4cccc5c4OCCC5(F)F)C(O)(O)[C@@]34NC(N)=N[C@@H]24)nn1. The van der Waals surface area contributed by atoms with Crippen molar-refractivity contribution in [3.8, 4) is 5.75 Å². The summed E-state index contributed by atoms with van der Waals surface area (Å²) in [7, 11) is 0. The summed E-state index contributed by atoms with van der Waals surface area (Å²) in [5, 5.41) is 38.9. The number of nitrogens with zero attached hydrogens (tertiary/aromatic N) is 5. The molecule has 4 aliphatic rings. The fourth-order valence-corrected chi connectivity index (χ4v) is 5.87. The van der Waals surface area contributed by atoms with Gasteiger partial charge in [-0.1, -0.05) is 6.07 Å². The van der Waals surface area contributed by atoms with Gasteiger partial charge in [0.15, 0.2) is 23.3 Å². The van der Waals surface area contributed by atoms with E-state index in [4.69, 9.17) is 16.2 Å². The molecule has 0 aliphatic carbocycles. The molecular weight excluding hydrogens is 558 g/mol. The Bertz CT molecular complexity index is 1520. The number of hydrogen-bond donors (Lipinski definition) is 7. The number of carbonyl (C=O) groups is 2. The molecule has 1 unspecified atom stereocenters. The first-order chi connectivity index (χ1) is 19.8. The van der Waals surface area contributed by atoms with E-state index in [0.717, 1.165) is 0 Å². The number of ether oxygens (including phenoxy) is 1. The van der Waals surface area contributed by atoms with Crippen LogP contribution in [0.1, 0.15) is 38.5 Å². The van der Waals surface area contributed by atoms with Crippen LogP contribution in [0.3, 0.4) is 0 Å². The van der Waals surface area contributed by atoms with E-state index in [2.05, 4.69) is 36.1 Å². The second-order valence-corrected chi connectivity index (χ2v) is 10.5. The molecule has 6 rings (SSSR count). The molecule has 4 atom stereocenters. The summed E-state index contributed by atoms with van der Waals surface area (Å²) in [6.45, 7) is 1.04. The van der Waals surface area contributed by atoms with Gasteiger partial charge in [0.2, 0.25) is 5.79 Å². The van der Waals surface area contributed by atoms with Gasteiger partial charge in [-0.05, 0) is 31.2 Å². The molecule has 1 fully saturated rings. The average Bonchev–Trinajstić information content (AvgIpc) is 3.41. The molecule has 0 bridgehead atoms. The maximum Gasteiger partial charge on any atom is 0.280 e. The van der Waals surface area contributed by atoms with Crippen LogP contribution in [-0.2, 0) is 5.92 Å². The zero-order valence-corrected chi connectivity index (χ0v) is 22.2. The topological polar surface area (TPSA) is 226 Å². The van der Waals surface area contributed by atoms with E-state index in [0.29, 0.717) is 5.69 Å². The van der Waals surface area contributed by atoms with Gasteiger partial charge in [-0.15, -0.1) is 5.10 Å². The van der Waals surface area contributed by atoms with Gasteiger partial charge in [-0.25, -0.2) is 18.8 Å². The molecule has 5 heterocycles. The zero-order chi connectivity index (χ0) is 30.0. The molecule has 42 heavy (non-hydrogen) atoms. The highest BCUT2D eigenvalue weighted by Gasteiger charge is 2.73. The van der Waals surface area contributed by atoms with Gasteiger partial charge in [0, 0.05) is 13.1 Å². The lowest BCUT2D eigenvalue weighted by molar-refractivity contribution is -0.230. The van der Waals surface area contributed by atoms with Crippen molar-refractivity contribution < 1.29 is 33.3 Å². The van der Waals surface area contributed by atoms with Crippen molar-refractivity contribution >= 4 is 23.7 Å². The molecular formula is C25H28F2N10O5. The Labute approximate surface area is 237 Å². The number of aliphatic imine (C=N–C) groups is 2. The number of hydrogen-bond acceptors (Lipinski definition) is 13. The highest BCUT2D eigenvalue weighted by Crippen LogP contribution is 2.46. The Morgan fingerprint density at radius 1 is 1.17 bits per heavy atom. The van der Waals surface area contributed by atoms with Crippen LogP contribution in [0.5, 0.6) is 5.75 Å². The lowest BCUT2D eigenvalue weighted by Gasteiger charge is -2.49. The molecule has 1 aromatic heterocycles. The third-order valence-corrected chi connectivity index (χ3v) is 7.93. The number of aromatic nitrogens is 2. The van der Waals surface area contributed by atoms with Crippen LogP contribution in [0.15, 0.2) is 40.3 Å². The normalized spacial score (nSPS) is 28.2. The number of benzene rings is 1. The summed E-state index contributed by atoms with van der Waals surface area (Å²) in [6, 6.07) is 3.48. The quantitative estimate of drug-likeness (QED) is 0.187. The van der Waals surface area contributed by atoms with Crippen molar-refractivity contribution in [2.24, 2.45) is 21.5 Å². The van der Waals surface area contributed by atoms with E-state index >= 15 is 0 Å². The average molecular weight is 587 g/mol. The predicted molar refractivity (Wildman–Crippen MR) is 141 cm³/mol. The second kappa shape index (κ2) is 9.45. The van der Waals surface area contributed by atoms with Gasteiger partial charge >= 0.3 is 0 Å². The van der Waals surface area contributed by atoms with Crippen LogP contribution < -0.4 is 32.2 Å². The van der Waals surface area contributed by atoms with Crippen LogP contribution in [0.25, 0.3) is 0 Å². The molecule has 0 radical (unpaired) electrons. The largest absolute Gasteiger partial charge is 0.492 e. The van der Waals surface area contributed by atoms with E-state index in [9.17, 15) is 28.6 Å². The van der Waals surface area contributed by atoms with Crippen molar-refractivity contribution in [3.63, 3.8) is 0 Å². The molecule has 9 N–H and O–H groups in total. The van der Waals surface area contributed by atoms with Gasteiger partial charge < -0.3 is 47.3 Å². The number of aliphatic hydroxyl groups is 2. The summed E-state index contributed by atoms with van der Waals surface area (Å²) in [6.07, 6.45) is -0.533. The Morgan fingerprint density at radius 3 is 2.69 bits per heavy atom. The highest BCUT2D eigenvalue weighted by molar-refractivity contribution is 5.98. The van der Waals surface area contributed by atoms with E-state index in [1.165, 1.54) is 29.2 Å². The van der Waals surface area contributed by atoms with Crippen LogP contribution >= 0.6 is 0 Å². The summed E-state index contributed by atoms with van der Waals surface area (Å²) >= 11 is 0. The first kappa shape index (κ1) is 27.5. The Morgan fingerprint density at radius 2 is 1.95 bits per heavy atom. The van der Waals surface area contributed by atoms with Gasteiger partial charge in [-0.3, -0.25) is 9.59 Å². The molecule has 222 valence electrons. The standard InChI is InChI=1S/C25H28F2N10O5/c1-11-5-6-14(36-35-11)20(39)30-9-15-18-24(34-21(28)33-18)25(40,41)16(10-37(24)22(29)31-15)32-19(38)12-3-2-4-13-17(12)42-8-7-23(13,26)27/h2-6,15-16,18,40-41H,7-10H2,1H3,(H2,29,31)(H,30,39)(H,32,38)(H3,28,33,34)/t15-,16?,18-,24-/m0/s1. The molecule has 1 spiro atoms. The van der Waals surface area contributed by atoms with Crippen LogP contribution in [0.4, 0.5) is 8.78 Å². The summed E-state index contributed by atoms with van der Waals surface area (Å²) < 4.78 is 34.3. The minimum absolute atomic E-state index is 0.0596. The van der Waals surface area contributed by atoms with Crippen LogP contribution in [-0.4, -0.2) is 98.3 Å². The van der Waals surface area contributed by atoms with Crippen molar-refractivity contribution in [3.05, 3.63) is 52.8 Å². The summed E-state index contributed by atoms with van der Waals surface area (Å²) in [5.41, 5.74) is 10.4. The Hall–Kier alpha value is -4.64. The summed E-state index contributed by atoms with van der Waals surface area (Å²) in [4.78, 5) is 36.1. The van der Waals surface area contributed by atoms with Gasteiger partial charge in [0.25, 0.3) is 17.7 Å². The molecule has 17 heteroatoms. The van der Waals surface area contributed by atoms with Crippen LogP contribution in [0.2, 0.25) is 0 Å². The number of rotatable bonds is 5. The monoisotopic (exact) mass is 586 g/mol. The number of carbonyl (C=O) groups excluding carboxylic acids is 2. The fraction of sp³-hybridized carbons (Fsp3) is 0.440. The Kier molecular flexibility index (Phi) is 6.19. The lowest BCUT2D eigenvalue weighted by atomic mass is 9.85. The zero-order valence-electron chi connectivity index (χ0n) is 22.2. The van der Waals surface area contributed by atoms with E-state index < -0.39 is 59.3 Å². The van der Waals surface area contributed by atoms with Crippen LogP contribution in [0, 0.1) is 6.92 Å². The van der Waals surface area contributed by atoms with Crippen molar-refractivity contribution in [1.29, 1.82) is 0 Å². The number of nitrogens with one attached hydrogen (secondary N) is 3. The first-order valence-electron chi connectivity index (χ1n) is 13.1. The molecule has 1 aromatic carbocycles. The molecule has 0 saturated carbocycles. The first-order valence-corrected chi connectivity index (χ1v) is 13.1. The molecule has 15 nitrogen and oxygen atoms in total. The molecule has 2 aromatic rings. The summed E-state index contributed by atoms with van der Waals surface area (Å²) in [5.74, 6) is -7.95. The second-order valence-electron chi connectivity index (χ2n) is 10.5. The number of fused-ring (bicyclic) bond motifs is 1. The maximum absolute atomic E-state index is 14.5. The number of nitrogens with two attached hydrogens (primary N) is 2. The Balaban J connectivity index is 1.26. The maximum atomic E-state index is 14.5. The van der Waals surface area contributed by atoms with Gasteiger partial charge in [0.1, 0.15) is 17.8 Å². The number of aryl methyl sites for hydroxylation is 1. The number of alkyl halides is 2. The number of halogens is 2. The number of amides is 2. The molecule has 4 aliphatic heterocycles. The minimum atomic E-state index is -3.19. The van der Waals surface area contributed by atoms with E-state index in [-0.39, 0.29) is 48.6 Å².